The monoisotopic (exact) mass is 431 g/mol. The number of carbonyl (C=O) groups is 2. The molecule has 1 aliphatic rings. The third-order valence-corrected chi connectivity index (χ3v) is 5.34. The summed E-state index contributed by atoms with van der Waals surface area (Å²) >= 11 is 6.33. The Morgan fingerprint density at radius 2 is 2.03 bits per heavy atom. The van der Waals surface area contributed by atoms with E-state index in [9.17, 15) is 18.4 Å². The zero-order valence-corrected chi connectivity index (χ0v) is 17.1. The first kappa shape index (κ1) is 21.7. The molecule has 1 heterocycles. The van der Waals surface area contributed by atoms with Crippen LogP contribution >= 0.6 is 11.6 Å². The number of esters is 1. The van der Waals surface area contributed by atoms with Crippen molar-refractivity contribution in [1.82, 2.24) is 4.90 Å². The molecule has 2 aromatic carbocycles. The standard InChI is InChI=1S/C23H20ClF2NO3/c1-3-10-30-23(29)22-14(2)27(13-15-8-9-16(25)11-20(15)26)21(28)12-18(22)17-6-4-5-7-19(17)24/h3-9,11,18H,1,10,12-13H2,2H3. The van der Waals surface area contributed by atoms with E-state index < -0.39 is 23.5 Å². The molecule has 0 aromatic heterocycles. The molecule has 7 heteroatoms. The van der Waals surface area contributed by atoms with Crippen LogP contribution in [-0.2, 0) is 20.9 Å². The summed E-state index contributed by atoms with van der Waals surface area (Å²) in [6.07, 6.45) is 1.40. The van der Waals surface area contributed by atoms with Gasteiger partial charge in [-0.3, -0.25) is 4.79 Å². The van der Waals surface area contributed by atoms with Gasteiger partial charge in [-0.1, -0.05) is 48.5 Å². The molecule has 0 aliphatic carbocycles. The van der Waals surface area contributed by atoms with Crippen molar-refractivity contribution in [2.45, 2.75) is 25.8 Å². The predicted molar refractivity (Wildman–Crippen MR) is 110 cm³/mol. The third kappa shape index (κ3) is 4.44. The van der Waals surface area contributed by atoms with Crippen LogP contribution in [-0.4, -0.2) is 23.4 Å². The van der Waals surface area contributed by atoms with Crippen molar-refractivity contribution in [2.24, 2.45) is 0 Å². The minimum absolute atomic E-state index is 0.00535. The second-order valence-corrected chi connectivity index (χ2v) is 7.29. The highest BCUT2D eigenvalue weighted by atomic mass is 35.5. The topological polar surface area (TPSA) is 46.6 Å². The molecule has 0 radical (unpaired) electrons. The number of allylic oxidation sites excluding steroid dienone is 1. The summed E-state index contributed by atoms with van der Waals surface area (Å²) in [4.78, 5) is 27.1. The van der Waals surface area contributed by atoms with E-state index in [2.05, 4.69) is 6.58 Å². The highest BCUT2D eigenvalue weighted by Crippen LogP contribution is 2.40. The van der Waals surface area contributed by atoms with Gasteiger partial charge in [0.05, 0.1) is 12.1 Å². The van der Waals surface area contributed by atoms with Crippen molar-refractivity contribution >= 4 is 23.5 Å². The molecule has 1 unspecified atom stereocenters. The summed E-state index contributed by atoms with van der Waals surface area (Å²) in [5.74, 6) is -2.98. The SMILES string of the molecule is C=CCOC(=O)C1=C(C)N(Cc2ccc(F)cc2F)C(=O)CC1c1ccccc1Cl. The molecule has 1 aliphatic heterocycles. The Morgan fingerprint density at radius 3 is 2.70 bits per heavy atom. The molecule has 0 N–H and O–H groups in total. The maximum atomic E-state index is 14.2. The van der Waals surface area contributed by atoms with Crippen LogP contribution in [0.2, 0.25) is 5.02 Å². The van der Waals surface area contributed by atoms with Crippen LogP contribution in [0.15, 0.2) is 66.4 Å². The van der Waals surface area contributed by atoms with Crippen LogP contribution < -0.4 is 0 Å². The minimum atomic E-state index is -0.764. The van der Waals surface area contributed by atoms with Crippen molar-refractivity contribution in [3.63, 3.8) is 0 Å². The fourth-order valence-corrected chi connectivity index (χ4v) is 3.79. The van der Waals surface area contributed by atoms with Crippen LogP contribution in [0.4, 0.5) is 8.78 Å². The van der Waals surface area contributed by atoms with Gasteiger partial charge in [0.2, 0.25) is 5.91 Å². The van der Waals surface area contributed by atoms with E-state index in [0.717, 1.165) is 12.1 Å². The Morgan fingerprint density at radius 1 is 1.30 bits per heavy atom. The van der Waals surface area contributed by atoms with Gasteiger partial charge in [0.1, 0.15) is 18.2 Å². The molecule has 2 aromatic rings. The number of rotatable bonds is 6. The highest BCUT2D eigenvalue weighted by molar-refractivity contribution is 6.31. The number of hydrogen-bond donors (Lipinski definition) is 0. The molecule has 1 amide bonds. The molecule has 0 saturated carbocycles. The Balaban J connectivity index is 2.06. The Hall–Kier alpha value is -2.99. The molecule has 0 fully saturated rings. The summed E-state index contributed by atoms with van der Waals surface area (Å²) in [5, 5.41) is 0.426. The Kier molecular flexibility index (Phi) is 6.67. The van der Waals surface area contributed by atoms with E-state index in [1.165, 1.54) is 17.0 Å². The number of halogens is 3. The summed E-state index contributed by atoms with van der Waals surface area (Å²) < 4.78 is 32.6. The second-order valence-electron chi connectivity index (χ2n) is 6.88. The number of carbonyl (C=O) groups excluding carboxylic acids is 2. The number of nitrogens with zero attached hydrogens (tertiary/aromatic N) is 1. The van der Waals surface area contributed by atoms with Gasteiger partial charge in [0.25, 0.3) is 0 Å². The first-order chi connectivity index (χ1) is 14.3. The van der Waals surface area contributed by atoms with Gasteiger partial charge >= 0.3 is 5.97 Å². The zero-order valence-electron chi connectivity index (χ0n) is 16.3. The van der Waals surface area contributed by atoms with Gasteiger partial charge < -0.3 is 9.64 Å². The predicted octanol–water partition coefficient (Wildman–Crippen LogP) is 5.14. The molecule has 4 nitrogen and oxygen atoms in total. The van der Waals surface area contributed by atoms with Crippen molar-refractivity contribution in [3.8, 4) is 0 Å². The quantitative estimate of drug-likeness (QED) is 0.470. The smallest absolute Gasteiger partial charge is 0.336 e. The molecule has 1 atom stereocenters. The largest absolute Gasteiger partial charge is 0.458 e. The van der Waals surface area contributed by atoms with Gasteiger partial charge in [0, 0.05) is 34.7 Å². The molecular formula is C23H20ClF2NO3. The van der Waals surface area contributed by atoms with E-state index in [0.29, 0.717) is 16.3 Å². The van der Waals surface area contributed by atoms with E-state index in [-0.39, 0.29) is 36.6 Å². The molecule has 3 rings (SSSR count). The van der Waals surface area contributed by atoms with Gasteiger partial charge in [-0.05, 0) is 24.6 Å². The lowest BCUT2D eigenvalue weighted by atomic mass is 9.83. The molecular weight excluding hydrogens is 412 g/mol. The maximum absolute atomic E-state index is 14.2. The number of benzene rings is 2. The summed E-state index contributed by atoms with van der Waals surface area (Å²) in [6.45, 7) is 5.01. The Bertz CT molecular complexity index is 1030. The van der Waals surface area contributed by atoms with Gasteiger partial charge in [-0.25, -0.2) is 13.6 Å². The van der Waals surface area contributed by atoms with Gasteiger partial charge in [-0.2, -0.15) is 0 Å². The average Bonchev–Trinajstić information content (AvgIpc) is 2.70. The minimum Gasteiger partial charge on any atom is -0.458 e. The molecule has 156 valence electrons. The van der Waals surface area contributed by atoms with Crippen LogP contribution in [0.3, 0.4) is 0 Å². The van der Waals surface area contributed by atoms with Crippen LogP contribution in [0.1, 0.15) is 30.4 Å². The van der Waals surface area contributed by atoms with Crippen molar-refractivity contribution in [2.75, 3.05) is 6.61 Å². The number of hydrogen-bond acceptors (Lipinski definition) is 3. The van der Waals surface area contributed by atoms with Gasteiger partial charge in [0.15, 0.2) is 0 Å². The zero-order chi connectivity index (χ0) is 21.8. The Labute approximate surface area is 178 Å². The first-order valence-corrected chi connectivity index (χ1v) is 9.68. The number of ether oxygens (including phenoxy) is 1. The highest BCUT2D eigenvalue weighted by Gasteiger charge is 2.37. The molecule has 30 heavy (non-hydrogen) atoms. The fourth-order valence-electron chi connectivity index (χ4n) is 3.52. The lowest BCUT2D eigenvalue weighted by Gasteiger charge is -2.34. The van der Waals surface area contributed by atoms with E-state index >= 15 is 0 Å². The van der Waals surface area contributed by atoms with Crippen LogP contribution in [0.25, 0.3) is 0 Å². The summed E-state index contributed by atoms with van der Waals surface area (Å²) in [5.41, 5.74) is 1.38. The van der Waals surface area contributed by atoms with E-state index in [1.54, 1.807) is 31.2 Å². The normalized spacial score (nSPS) is 16.6. The van der Waals surface area contributed by atoms with Crippen molar-refractivity contribution in [1.29, 1.82) is 0 Å². The van der Waals surface area contributed by atoms with Gasteiger partial charge in [-0.15, -0.1) is 0 Å². The summed E-state index contributed by atoms with van der Waals surface area (Å²) in [6, 6.07) is 10.1. The third-order valence-electron chi connectivity index (χ3n) is 5.00. The van der Waals surface area contributed by atoms with Crippen molar-refractivity contribution < 1.29 is 23.1 Å². The number of amides is 1. The molecule has 0 saturated heterocycles. The first-order valence-electron chi connectivity index (χ1n) is 9.31. The van der Waals surface area contributed by atoms with Crippen LogP contribution in [0, 0.1) is 11.6 Å². The lowest BCUT2D eigenvalue weighted by molar-refractivity contribution is -0.139. The lowest BCUT2D eigenvalue weighted by Crippen LogP contribution is -2.38. The summed E-state index contributed by atoms with van der Waals surface area (Å²) in [7, 11) is 0. The van der Waals surface area contributed by atoms with E-state index in [1.807, 2.05) is 0 Å². The fraction of sp³-hybridized carbons (Fsp3) is 0.217. The van der Waals surface area contributed by atoms with Crippen molar-refractivity contribution in [3.05, 3.63) is 94.2 Å². The average molecular weight is 432 g/mol. The van der Waals surface area contributed by atoms with E-state index in [4.69, 9.17) is 16.3 Å². The molecule has 0 bridgehead atoms. The maximum Gasteiger partial charge on any atom is 0.336 e. The van der Waals surface area contributed by atoms with Crippen LogP contribution in [0.5, 0.6) is 0 Å². The molecule has 0 spiro atoms. The second kappa shape index (κ2) is 9.22.